The van der Waals surface area contributed by atoms with Crippen LogP contribution in [0, 0.1) is 5.92 Å². The van der Waals surface area contributed by atoms with E-state index in [0.29, 0.717) is 5.92 Å². The molecule has 2 unspecified atom stereocenters. The highest BCUT2D eigenvalue weighted by Crippen LogP contribution is 2.31. The normalized spacial score (nSPS) is 17.9. The Morgan fingerprint density at radius 1 is 1.24 bits per heavy atom. The summed E-state index contributed by atoms with van der Waals surface area (Å²) in [6.45, 7) is 4.43. The Labute approximate surface area is 131 Å². The van der Waals surface area contributed by atoms with Crippen LogP contribution in [0.2, 0.25) is 0 Å². The molecular weight excluding hydrogens is 276 g/mol. The molecule has 2 aromatic rings. The van der Waals surface area contributed by atoms with E-state index in [9.17, 15) is 0 Å². The molecule has 1 aromatic carbocycles. The lowest BCUT2D eigenvalue weighted by Gasteiger charge is -2.28. The van der Waals surface area contributed by atoms with Crippen LogP contribution in [0.25, 0.3) is 0 Å². The number of benzene rings is 1. The first-order valence-electron chi connectivity index (χ1n) is 7.79. The highest BCUT2D eigenvalue weighted by molar-refractivity contribution is 7.07. The summed E-state index contributed by atoms with van der Waals surface area (Å²) in [7, 11) is 0. The van der Waals surface area contributed by atoms with Gasteiger partial charge in [-0.3, -0.25) is 4.90 Å². The van der Waals surface area contributed by atoms with Gasteiger partial charge in [0.25, 0.3) is 0 Å². The van der Waals surface area contributed by atoms with Gasteiger partial charge in [-0.05, 0) is 46.7 Å². The van der Waals surface area contributed by atoms with Crippen molar-refractivity contribution in [1.82, 2.24) is 4.90 Å². The van der Waals surface area contributed by atoms with E-state index < -0.39 is 0 Å². The van der Waals surface area contributed by atoms with Crippen molar-refractivity contribution in [2.24, 2.45) is 11.7 Å². The topological polar surface area (TPSA) is 29.3 Å². The third kappa shape index (κ3) is 3.94. The van der Waals surface area contributed by atoms with Crippen molar-refractivity contribution in [3.05, 3.63) is 58.3 Å². The standard InChI is InChI=1S/C18H24N2S/c1-14(18(19)16-5-3-2-4-6-16)11-20(17-7-8-17)12-15-9-10-21-13-15/h2-6,9-10,13-14,17-18H,7-8,11-12,19H2,1H3. The monoisotopic (exact) mass is 300 g/mol. The molecule has 1 aliphatic rings. The van der Waals surface area contributed by atoms with Crippen molar-refractivity contribution in [1.29, 1.82) is 0 Å². The van der Waals surface area contributed by atoms with Gasteiger partial charge in [0.1, 0.15) is 0 Å². The number of hydrogen-bond donors (Lipinski definition) is 1. The van der Waals surface area contributed by atoms with Gasteiger partial charge in [-0.15, -0.1) is 0 Å². The second-order valence-corrected chi connectivity index (χ2v) is 6.99. The first-order chi connectivity index (χ1) is 10.2. The van der Waals surface area contributed by atoms with Crippen molar-refractivity contribution in [2.75, 3.05) is 6.54 Å². The van der Waals surface area contributed by atoms with Crippen LogP contribution in [0.3, 0.4) is 0 Å². The van der Waals surface area contributed by atoms with Gasteiger partial charge in [-0.2, -0.15) is 11.3 Å². The lowest BCUT2D eigenvalue weighted by Crippen LogP contribution is -2.34. The van der Waals surface area contributed by atoms with Crippen LogP contribution >= 0.6 is 11.3 Å². The molecule has 0 spiro atoms. The number of nitrogens with two attached hydrogens (primary N) is 1. The molecule has 0 amide bonds. The first kappa shape index (κ1) is 14.8. The van der Waals surface area contributed by atoms with Crippen LogP contribution in [0.15, 0.2) is 47.2 Å². The Kier molecular flexibility index (Phi) is 4.73. The van der Waals surface area contributed by atoms with E-state index in [2.05, 4.69) is 52.9 Å². The summed E-state index contributed by atoms with van der Waals surface area (Å²) in [4.78, 5) is 2.62. The molecule has 1 fully saturated rings. The van der Waals surface area contributed by atoms with Gasteiger partial charge in [0.15, 0.2) is 0 Å². The maximum Gasteiger partial charge on any atom is 0.0333 e. The summed E-state index contributed by atoms with van der Waals surface area (Å²) in [6, 6.07) is 13.6. The van der Waals surface area contributed by atoms with Crippen LogP contribution < -0.4 is 5.73 Å². The Balaban J connectivity index is 1.62. The average Bonchev–Trinajstić information content (AvgIpc) is 3.24. The Bertz CT molecular complexity index is 534. The van der Waals surface area contributed by atoms with E-state index in [-0.39, 0.29) is 6.04 Å². The fraction of sp³-hybridized carbons (Fsp3) is 0.444. The molecule has 0 bridgehead atoms. The van der Waals surface area contributed by atoms with Crippen LogP contribution in [0.4, 0.5) is 0 Å². The average molecular weight is 300 g/mol. The second-order valence-electron chi connectivity index (χ2n) is 6.21. The Hall–Kier alpha value is -1.16. The van der Waals surface area contributed by atoms with Crippen LogP contribution in [0.5, 0.6) is 0 Å². The van der Waals surface area contributed by atoms with Gasteiger partial charge in [0.2, 0.25) is 0 Å². The molecule has 1 saturated carbocycles. The molecular formula is C18H24N2S. The highest BCUT2D eigenvalue weighted by atomic mass is 32.1. The molecule has 112 valence electrons. The van der Waals surface area contributed by atoms with Crippen LogP contribution in [-0.2, 0) is 6.54 Å². The molecule has 2 nitrogen and oxygen atoms in total. The van der Waals surface area contributed by atoms with E-state index in [1.165, 1.54) is 24.0 Å². The van der Waals surface area contributed by atoms with Crippen LogP contribution in [0.1, 0.15) is 36.9 Å². The summed E-state index contributed by atoms with van der Waals surface area (Å²) in [6.07, 6.45) is 2.69. The molecule has 0 radical (unpaired) electrons. The molecule has 21 heavy (non-hydrogen) atoms. The van der Waals surface area contributed by atoms with Gasteiger partial charge in [-0.25, -0.2) is 0 Å². The van der Waals surface area contributed by atoms with Crippen LogP contribution in [-0.4, -0.2) is 17.5 Å². The first-order valence-corrected chi connectivity index (χ1v) is 8.74. The summed E-state index contributed by atoms with van der Waals surface area (Å²) < 4.78 is 0. The Morgan fingerprint density at radius 2 is 2.00 bits per heavy atom. The van der Waals surface area contributed by atoms with Gasteiger partial charge < -0.3 is 5.73 Å². The molecule has 3 heteroatoms. The fourth-order valence-electron chi connectivity index (χ4n) is 2.89. The minimum Gasteiger partial charge on any atom is -0.324 e. The summed E-state index contributed by atoms with van der Waals surface area (Å²) in [5, 5.41) is 4.43. The molecule has 3 rings (SSSR count). The number of nitrogens with zero attached hydrogens (tertiary/aromatic N) is 1. The van der Waals surface area contributed by atoms with Crippen molar-refractivity contribution in [3.63, 3.8) is 0 Å². The molecule has 1 aliphatic carbocycles. The zero-order valence-corrected chi connectivity index (χ0v) is 13.4. The van der Waals surface area contributed by atoms with E-state index in [0.717, 1.165) is 19.1 Å². The predicted octanol–water partition coefficient (Wildman–Crippen LogP) is 4.05. The lowest BCUT2D eigenvalue weighted by atomic mass is 9.94. The summed E-state index contributed by atoms with van der Waals surface area (Å²) in [5.74, 6) is 0.464. The maximum absolute atomic E-state index is 6.46. The zero-order chi connectivity index (χ0) is 14.7. The molecule has 2 atom stereocenters. The second kappa shape index (κ2) is 6.73. The minimum absolute atomic E-state index is 0.120. The summed E-state index contributed by atoms with van der Waals surface area (Å²) in [5.41, 5.74) is 9.14. The smallest absolute Gasteiger partial charge is 0.0333 e. The van der Waals surface area contributed by atoms with E-state index in [1.807, 2.05) is 6.07 Å². The molecule has 0 aliphatic heterocycles. The third-order valence-electron chi connectivity index (χ3n) is 4.35. The van der Waals surface area contributed by atoms with Crippen molar-refractivity contribution in [3.8, 4) is 0 Å². The van der Waals surface area contributed by atoms with Gasteiger partial charge in [0.05, 0.1) is 0 Å². The molecule has 1 aromatic heterocycles. The SMILES string of the molecule is CC(CN(Cc1ccsc1)C1CC1)C(N)c1ccccc1. The van der Waals surface area contributed by atoms with Gasteiger partial charge >= 0.3 is 0 Å². The largest absolute Gasteiger partial charge is 0.324 e. The quantitative estimate of drug-likeness (QED) is 0.836. The summed E-state index contributed by atoms with van der Waals surface area (Å²) >= 11 is 1.78. The van der Waals surface area contributed by atoms with Crippen molar-refractivity contribution < 1.29 is 0 Å². The number of hydrogen-bond acceptors (Lipinski definition) is 3. The molecule has 2 N–H and O–H groups in total. The van der Waals surface area contributed by atoms with E-state index in [1.54, 1.807) is 11.3 Å². The van der Waals surface area contributed by atoms with Crippen molar-refractivity contribution >= 4 is 11.3 Å². The maximum atomic E-state index is 6.46. The van der Waals surface area contributed by atoms with E-state index >= 15 is 0 Å². The van der Waals surface area contributed by atoms with Gasteiger partial charge in [-0.1, -0.05) is 37.3 Å². The minimum atomic E-state index is 0.120. The van der Waals surface area contributed by atoms with E-state index in [4.69, 9.17) is 5.73 Å². The highest BCUT2D eigenvalue weighted by Gasteiger charge is 2.31. The number of rotatable bonds is 7. The molecule has 0 saturated heterocycles. The number of thiophene rings is 1. The van der Waals surface area contributed by atoms with Gasteiger partial charge in [0, 0.05) is 25.2 Å². The van der Waals surface area contributed by atoms with Crippen molar-refractivity contribution in [2.45, 2.75) is 38.4 Å². The fourth-order valence-corrected chi connectivity index (χ4v) is 3.55. The Morgan fingerprint density at radius 3 is 2.62 bits per heavy atom. The zero-order valence-electron chi connectivity index (χ0n) is 12.6. The predicted molar refractivity (Wildman–Crippen MR) is 90.3 cm³/mol. The third-order valence-corrected chi connectivity index (χ3v) is 5.08. The lowest BCUT2D eigenvalue weighted by molar-refractivity contribution is 0.205. The molecule has 1 heterocycles.